The molecule has 0 amide bonds. The summed E-state index contributed by atoms with van der Waals surface area (Å²) in [5.74, 6) is -0.392. The van der Waals surface area contributed by atoms with Gasteiger partial charge in [0.05, 0.1) is 19.8 Å². The molecule has 1 aliphatic rings. The second-order valence-corrected chi connectivity index (χ2v) is 22.0. The molecule has 0 bridgehead atoms. The van der Waals surface area contributed by atoms with Crippen molar-refractivity contribution in [2.75, 3.05) is 26.4 Å². The van der Waals surface area contributed by atoms with Crippen molar-refractivity contribution in [2.24, 2.45) is 0 Å². The molecular formula is C58H112O12S. The first-order valence-electron chi connectivity index (χ1n) is 29.9. The number of esters is 1. The van der Waals surface area contributed by atoms with Crippen LogP contribution < -0.4 is 0 Å². The Labute approximate surface area is 436 Å². The Kier molecular flexibility index (Phi) is 47.5. The highest BCUT2D eigenvalue weighted by Gasteiger charge is 2.48. The maximum absolute atomic E-state index is 13.0. The van der Waals surface area contributed by atoms with Crippen molar-refractivity contribution >= 4 is 16.4 Å². The van der Waals surface area contributed by atoms with Crippen molar-refractivity contribution < 1.29 is 56.2 Å². The van der Waals surface area contributed by atoms with Gasteiger partial charge in [0.1, 0.15) is 30.5 Å². The van der Waals surface area contributed by atoms with Crippen molar-refractivity contribution in [3.63, 3.8) is 0 Å². The zero-order valence-electron chi connectivity index (χ0n) is 45.8. The molecule has 0 aliphatic carbocycles. The largest absolute Gasteiger partial charge is 0.457 e. The van der Waals surface area contributed by atoms with E-state index in [2.05, 4.69) is 30.2 Å². The molecule has 1 rings (SSSR count). The summed E-state index contributed by atoms with van der Waals surface area (Å²) in [6, 6.07) is 0. The van der Waals surface area contributed by atoms with Gasteiger partial charge in [0.15, 0.2) is 6.29 Å². The van der Waals surface area contributed by atoms with Gasteiger partial charge in [-0.25, -0.2) is 4.18 Å². The fourth-order valence-corrected chi connectivity index (χ4v) is 10.1. The average molecular weight is 1030 g/mol. The number of ether oxygens (including phenoxy) is 4. The maximum atomic E-state index is 13.0. The van der Waals surface area contributed by atoms with Gasteiger partial charge in [0, 0.05) is 13.0 Å². The number of hydrogen-bond donors (Lipinski definition) is 4. The van der Waals surface area contributed by atoms with Gasteiger partial charge in [-0.1, -0.05) is 257 Å². The topological polar surface area (TPSA) is 178 Å². The summed E-state index contributed by atoms with van der Waals surface area (Å²) in [6.45, 7) is 4.06. The standard InChI is InChI=1S/C58H112O12S/c1-3-5-7-9-11-13-15-17-19-21-23-24-25-26-27-28-29-31-33-35-37-39-41-43-45-47-54(60)68-52(51-67-58-56(62)57(70-71(63,64)65)55(61)53(49-59)69-58)50-66-48-46-44-42-40-38-36-34-32-30-22-20-18-16-14-12-10-8-6-4-2/h20,22,52-53,55-59,61-62H,3-19,21,23-51H2,1-2H3,(H,63,64,65)/b22-20-. The van der Waals surface area contributed by atoms with Gasteiger partial charge in [-0.2, -0.15) is 8.42 Å². The number of unbranched alkanes of at least 4 members (excludes halogenated alkanes) is 39. The molecule has 13 heteroatoms. The lowest BCUT2D eigenvalue weighted by Gasteiger charge is -2.41. The first kappa shape index (κ1) is 67.9. The van der Waals surface area contributed by atoms with Crippen molar-refractivity contribution in [1.82, 2.24) is 0 Å². The van der Waals surface area contributed by atoms with Crippen LogP contribution in [0.4, 0.5) is 0 Å². The van der Waals surface area contributed by atoms with E-state index < -0.39 is 59.8 Å². The Bertz CT molecular complexity index is 1280. The van der Waals surface area contributed by atoms with Crippen LogP contribution in [0.2, 0.25) is 0 Å². The zero-order chi connectivity index (χ0) is 51.7. The Morgan fingerprint density at radius 3 is 1.27 bits per heavy atom. The van der Waals surface area contributed by atoms with Crippen LogP contribution in [0.25, 0.3) is 0 Å². The summed E-state index contributed by atoms with van der Waals surface area (Å²) >= 11 is 0. The van der Waals surface area contributed by atoms with E-state index in [9.17, 15) is 33.1 Å². The molecule has 6 atom stereocenters. The lowest BCUT2D eigenvalue weighted by Crippen LogP contribution is -2.60. The van der Waals surface area contributed by atoms with E-state index in [1.165, 1.54) is 225 Å². The quantitative estimate of drug-likeness (QED) is 0.0196. The third-order valence-corrected chi connectivity index (χ3v) is 14.6. The monoisotopic (exact) mass is 1030 g/mol. The summed E-state index contributed by atoms with van der Waals surface area (Å²) in [5, 5.41) is 30.8. The first-order chi connectivity index (χ1) is 34.6. The predicted octanol–water partition coefficient (Wildman–Crippen LogP) is 14.9. The van der Waals surface area contributed by atoms with Gasteiger partial charge < -0.3 is 34.3 Å². The number of hydrogen-bond acceptors (Lipinski definition) is 11. The van der Waals surface area contributed by atoms with Crippen molar-refractivity contribution in [1.29, 1.82) is 0 Å². The first-order valence-corrected chi connectivity index (χ1v) is 31.3. The van der Waals surface area contributed by atoms with Crippen LogP contribution in [0, 0.1) is 0 Å². The molecular weight excluding hydrogens is 921 g/mol. The molecule has 0 spiro atoms. The van der Waals surface area contributed by atoms with Crippen LogP contribution in [-0.2, 0) is 38.3 Å². The molecule has 0 aromatic rings. The van der Waals surface area contributed by atoms with E-state index in [1.54, 1.807) is 0 Å². The predicted molar refractivity (Wildman–Crippen MR) is 290 cm³/mol. The van der Waals surface area contributed by atoms with E-state index in [0.29, 0.717) is 13.0 Å². The summed E-state index contributed by atoms with van der Waals surface area (Å²) < 4.78 is 59.5. The average Bonchev–Trinajstić information content (AvgIpc) is 3.35. The van der Waals surface area contributed by atoms with Gasteiger partial charge in [-0.15, -0.1) is 0 Å². The molecule has 0 saturated carbocycles. The molecule has 6 unspecified atom stereocenters. The van der Waals surface area contributed by atoms with Gasteiger partial charge in [-0.05, 0) is 38.5 Å². The van der Waals surface area contributed by atoms with E-state index in [4.69, 9.17) is 18.9 Å². The molecule has 4 N–H and O–H groups in total. The molecule has 0 radical (unpaired) electrons. The number of rotatable bonds is 54. The summed E-state index contributed by atoms with van der Waals surface area (Å²) in [4.78, 5) is 13.0. The minimum atomic E-state index is -5.06. The van der Waals surface area contributed by atoms with Crippen LogP contribution in [0.3, 0.4) is 0 Å². The summed E-state index contributed by atoms with van der Waals surface area (Å²) in [6.07, 6.45) is 49.7. The number of carbonyl (C=O) groups excluding carboxylic acids is 1. The molecule has 0 aromatic heterocycles. The van der Waals surface area contributed by atoms with Crippen LogP contribution in [0.1, 0.15) is 290 Å². The van der Waals surface area contributed by atoms with Crippen LogP contribution in [-0.4, -0.2) is 97.5 Å². The van der Waals surface area contributed by atoms with E-state index in [1.807, 2.05) is 0 Å². The van der Waals surface area contributed by atoms with E-state index >= 15 is 0 Å². The number of carbonyl (C=O) groups is 1. The molecule has 71 heavy (non-hydrogen) atoms. The molecule has 422 valence electrons. The van der Waals surface area contributed by atoms with Gasteiger partial charge in [0.2, 0.25) is 0 Å². The van der Waals surface area contributed by atoms with E-state index in [0.717, 1.165) is 38.5 Å². The van der Waals surface area contributed by atoms with Gasteiger partial charge in [-0.3, -0.25) is 9.35 Å². The molecule has 0 aromatic carbocycles. The third kappa shape index (κ3) is 42.7. The van der Waals surface area contributed by atoms with Gasteiger partial charge >= 0.3 is 16.4 Å². The number of aliphatic hydroxyl groups is 3. The lowest BCUT2D eigenvalue weighted by atomic mass is 9.99. The fourth-order valence-electron chi connectivity index (χ4n) is 9.61. The summed E-state index contributed by atoms with van der Waals surface area (Å²) in [7, 11) is -5.06. The molecule has 1 aliphatic heterocycles. The zero-order valence-corrected chi connectivity index (χ0v) is 46.6. The highest BCUT2D eigenvalue weighted by molar-refractivity contribution is 7.80. The van der Waals surface area contributed by atoms with Crippen molar-refractivity contribution in [3.8, 4) is 0 Å². The SMILES string of the molecule is CCCCCCCCC/C=C\CCCCCCCCCCOCC(COC1OC(CO)C(O)C(OS(=O)(=O)O)C1O)OC(=O)CCCCCCCCCCCCCCCCCCCCCCCCCCC. The Hall–Kier alpha value is -1.16. The third-order valence-electron chi connectivity index (χ3n) is 14.1. The Morgan fingerprint density at radius 2 is 0.887 bits per heavy atom. The van der Waals surface area contributed by atoms with Crippen LogP contribution >= 0.6 is 0 Å². The maximum Gasteiger partial charge on any atom is 0.397 e. The van der Waals surface area contributed by atoms with E-state index in [-0.39, 0.29) is 19.6 Å². The number of allylic oxidation sites excluding steroid dienone is 2. The Morgan fingerprint density at radius 1 is 0.521 bits per heavy atom. The highest BCUT2D eigenvalue weighted by atomic mass is 32.3. The van der Waals surface area contributed by atoms with Crippen molar-refractivity contribution in [2.45, 2.75) is 327 Å². The Balaban J connectivity index is 2.26. The second kappa shape index (κ2) is 49.7. The van der Waals surface area contributed by atoms with Crippen molar-refractivity contribution in [3.05, 3.63) is 12.2 Å². The molecule has 12 nitrogen and oxygen atoms in total. The normalized spacial score (nSPS) is 19.0. The smallest absolute Gasteiger partial charge is 0.397 e. The summed E-state index contributed by atoms with van der Waals surface area (Å²) in [5.41, 5.74) is 0. The minimum Gasteiger partial charge on any atom is -0.457 e. The lowest BCUT2D eigenvalue weighted by molar-refractivity contribution is -0.301. The minimum absolute atomic E-state index is 0.0402. The molecule has 1 heterocycles. The fraction of sp³-hybridized carbons (Fsp3) is 0.948. The molecule has 1 fully saturated rings. The number of aliphatic hydroxyl groups excluding tert-OH is 3. The highest BCUT2D eigenvalue weighted by Crippen LogP contribution is 2.26. The second-order valence-electron chi connectivity index (χ2n) is 20.9. The van der Waals surface area contributed by atoms with Crippen LogP contribution in [0.15, 0.2) is 12.2 Å². The molecule has 1 saturated heterocycles. The van der Waals surface area contributed by atoms with Crippen LogP contribution in [0.5, 0.6) is 0 Å². The van der Waals surface area contributed by atoms with Gasteiger partial charge in [0.25, 0.3) is 0 Å².